The predicted molar refractivity (Wildman–Crippen MR) is 83.5 cm³/mol. The Hall–Kier alpha value is -2.70. The molecule has 0 saturated heterocycles. The summed E-state index contributed by atoms with van der Waals surface area (Å²) in [5.74, 6) is -0.616. The first-order valence-corrected chi connectivity index (χ1v) is 7.40. The fourth-order valence-electron chi connectivity index (χ4n) is 2.18. The fourth-order valence-corrected chi connectivity index (χ4v) is 2.18. The lowest BCUT2D eigenvalue weighted by molar-refractivity contribution is -0.149. The molecule has 23 heavy (non-hydrogen) atoms. The first-order valence-electron chi connectivity index (χ1n) is 7.40. The lowest BCUT2D eigenvalue weighted by Crippen LogP contribution is -2.46. The summed E-state index contributed by atoms with van der Waals surface area (Å²) in [6.07, 6.45) is 3.10. The number of nitrogens with zero attached hydrogens (tertiary/aromatic N) is 3. The van der Waals surface area contributed by atoms with E-state index in [4.69, 9.17) is 4.74 Å². The molecule has 122 valence electrons. The summed E-state index contributed by atoms with van der Waals surface area (Å²) >= 11 is 0. The van der Waals surface area contributed by atoms with Crippen molar-refractivity contribution in [2.45, 2.75) is 25.8 Å². The topological polar surface area (TPSA) is 86.1 Å². The molecule has 7 heteroatoms. The van der Waals surface area contributed by atoms with E-state index >= 15 is 0 Å². The third kappa shape index (κ3) is 4.15. The van der Waals surface area contributed by atoms with Crippen LogP contribution in [0.5, 0.6) is 0 Å². The molecule has 0 spiro atoms. The van der Waals surface area contributed by atoms with Crippen LogP contribution in [0.1, 0.15) is 19.4 Å². The number of ether oxygens (including phenoxy) is 1. The number of nitrogens with one attached hydrogen (secondary N) is 1. The molecule has 0 radical (unpaired) electrons. The highest BCUT2D eigenvalue weighted by atomic mass is 16.5. The molecular formula is C16H20N4O3. The maximum atomic E-state index is 12.4. The van der Waals surface area contributed by atoms with Crippen LogP contribution >= 0.6 is 0 Å². The van der Waals surface area contributed by atoms with Crippen molar-refractivity contribution in [2.24, 2.45) is 0 Å². The zero-order valence-electron chi connectivity index (χ0n) is 13.2. The molecule has 2 aromatic rings. The highest BCUT2D eigenvalue weighted by Gasteiger charge is 2.37. The van der Waals surface area contributed by atoms with Crippen LogP contribution in [-0.4, -0.2) is 40.0 Å². The van der Waals surface area contributed by atoms with E-state index in [1.807, 2.05) is 30.3 Å². The molecule has 1 heterocycles. The molecule has 0 aliphatic heterocycles. The molecule has 1 atom stereocenters. The van der Waals surface area contributed by atoms with Gasteiger partial charge >= 0.3 is 5.97 Å². The van der Waals surface area contributed by atoms with Crippen molar-refractivity contribution in [3.8, 4) is 0 Å². The van der Waals surface area contributed by atoms with E-state index in [2.05, 4.69) is 15.6 Å². The van der Waals surface area contributed by atoms with Crippen molar-refractivity contribution in [1.82, 2.24) is 20.3 Å². The first-order chi connectivity index (χ1) is 11.1. The van der Waals surface area contributed by atoms with Crippen molar-refractivity contribution in [1.29, 1.82) is 0 Å². The van der Waals surface area contributed by atoms with Gasteiger partial charge in [-0.3, -0.25) is 9.59 Å². The number of amides is 1. The lowest BCUT2D eigenvalue weighted by atomic mass is 9.82. The molecule has 1 aromatic carbocycles. The summed E-state index contributed by atoms with van der Waals surface area (Å²) in [7, 11) is 0. The number of aromatic nitrogens is 3. The molecular weight excluding hydrogens is 296 g/mol. The number of carbonyl (C=O) groups is 2. The van der Waals surface area contributed by atoms with Crippen LogP contribution in [0.15, 0.2) is 42.7 Å². The summed E-state index contributed by atoms with van der Waals surface area (Å²) in [5, 5.41) is 10.2. The van der Waals surface area contributed by atoms with Crippen molar-refractivity contribution in [3.05, 3.63) is 48.3 Å². The number of hydrogen-bond donors (Lipinski definition) is 1. The average molecular weight is 316 g/mol. The molecule has 0 fully saturated rings. The van der Waals surface area contributed by atoms with E-state index in [-0.39, 0.29) is 31.6 Å². The molecule has 0 unspecified atom stereocenters. The maximum Gasteiger partial charge on any atom is 0.318 e. The van der Waals surface area contributed by atoms with Crippen molar-refractivity contribution in [2.75, 3.05) is 13.2 Å². The van der Waals surface area contributed by atoms with Gasteiger partial charge in [0, 0.05) is 12.7 Å². The van der Waals surface area contributed by atoms with E-state index in [1.165, 1.54) is 10.9 Å². The summed E-state index contributed by atoms with van der Waals surface area (Å²) in [5.41, 5.74) is -0.158. The molecule has 7 nitrogen and oxygen atoms in total. The lowest BCUT2D eigenvalue weighted by Gasteiger charge is -2.28. The Labute approximate surface area is 134 Å². The van der Waals surface area contributed by atoms with Crippen LogP contribution in [-0.2, 0) is 26.3 Å². The van der Waals surface area contributed by atoms with Gasteiger partial charge in [0.2, 0.25) is 5.91 Å². The van der Waals surface area contributed by atoms with Crippen LogP contribution in [0.2, 0.25) is 0 Å². The second-order valence-corrected chi connectivity index (χ2v) is 5.30. The first kappa shape index (κ1) is 16.7. The van der Waals surface area contributed by atoms with Crippen molar-refractivity contribution in [3.63, 3.8) is 0 Å². The third-order valence-corrected chi connectivity index (χ3v) is 3.55. The largest absolute Gasteiger partial charge is 0.465 e. The number of esters is 1. The third-order valence-electron chi connectivity index (χ3n) is 3.55. The fraction of sp³-hybridized carbons (Fsp3) is 0.375. The molecule has 1 aromatic heterocycles. The SMILES string of the molecule is CCOC(=O)[C@](C)(CNC(=O)Cn1ccnn1)c1ccccc1. The second kappa shape index (κ2) is 7.53. The number of hydrogen-bond acceptors (Lipinski definition) is 5. The normalized spacial score (nSPS) is 13.1. The summed E-state index contributed by atoms with van der Waals surface area (Å²) in [4.78, 5) is 24.4. The Balaban J connectivity index is 2.09. The quantitative estimate of drug-likeness (QED) is 0.768. The van der Waals surface area contributed by atoms with E-state index < -0.39 is 5.41 Å². The van der Waals surface area contributed by atoms with Gasteiger partial charge in [-0.2, -0.15) is 0 Å². The second-order valence-electron chi connectivity index (χ2n) is 5.30. The molecule has 2 rings (SSSR count). The smallest absolute Gasteiger partial charge is 0.318 e. The Kier molecular flexibility index (Phi) is 5.46. The standard InChI is InChI=1S/C16H20N4O3/c1-3-23-15(22)16(2,13-7-5-4-6-8-13)12-17-14(21)11-20-10-9-18-19-20/h4-10H,3,11-12H2,1-2H3,(H,17,21)/t16-/m1/s1. The Morgan fingerprint density at radius 3 is 2.65 bits per heavy atom. The number of carbonyl (C=O) groups excluding carboxylic acids is 2. The molecule has 0 aliphatic rings. The highest BCUT2D eigenvalue weighted by Crippen LogP contribution is 2.24. The number of rotatable bonds is 7. The van der Waals surface area contributed by atoms with Crippen LogP contribution in [0.3, 0.4) is 0 Å². The molecule has 1 N–H and O–H groups in total. The van der Waals surface area contributed by atoms with Gasteiger partial charge in [-0.25, -0.2) is 4.68 Å². The van der Waals surface area contributed by atoms with Gasteiger partial charge < -0.3 is 10.1 Å². The van der Waals surface area contributed by atoms with Gasteiger partial charge in [0.25, 0.3) is 0 Å². The Morgan fingerprint density at radius 1 is 1.30 bits per heavy atom. The van der Waals surface area contributed by atoms with Crippen LogP contribution in [0.25, 0.3) is 0 Å². The molecule has 0 saturated carbocycles. The van der Waals surface area contributed by atoms with E-state index in [0.29, 0.717) is 0 Å². The zero-order valence-corrected chi connectivity index (χ0v) is 13.2. The Bertz CT molecular complexity index is 643. The minimum Gasteiger partial charge on any atom is -0.465 e. The Morgan fingerprint density at radius 2 is 2.04 bits per heavy atom. The van der Waals surface area contributed by atoms with Crippen LogP contribution in [0.4, 0.5) is 0 Å². The van der Waals surface area contributed by atoms with Gasteiger partial charge in [0.15, 0.2) is 0 Å². The number of benzene rings is 1. The molecule has 1 amide bonds. The summed E-state index contributed by atoms with van der Waals surface area (Å²) in [6, 6.07) is 9.27. The predicted octanol–water partition coefficient (Wildman–Crippen LogP) is 0.915. The zero-order chi connectivity index (χ0) is 16.7. The van der Waals surface area contributed by atoms with Gasteiger partial charge in [-0.15, -0.1) is 5.10 Å². The summed E-state index contributed by atoms with van der Waals surface area (Å²) in [6.45, 7) is 3.99. The maximum absolute atomic E-state index is 12.4. The van der Waals surface area contributed by atoms with Gasteiger partial charge in [0.05, 0.1) is 12.8 Å². The minimum absolute atomic E-state index is 0.0493. The monoisotopic (exact) mass is 316 g/mol. The van der Waals surface area contributed by atoms with E-state index in [1.54, 1.807) is 20.0 Å². The van der Waals surface area contributed by atoms with Gasteiger partial charge in [-0.05, 0) is 19.4 Å². The summed E-state index contributed by atoms with van der Waals surface area (Å²) < 4.78 is 6.60. The molecule has 0 bridgehead atoms. The molecule has 0 aliphatic carbocycles. The van der Waals surface area contributed by atoms with Gasteiger partial charge in [0.1, 0.15) is 12.0 Å². The van der Waals surface area contributed by atoms with Crippen molar-refractivity contribution < 1.29 is 14.3 Å². The van der Waals surface area contributed by atoms with E-state index in [9.17, 15) is 9.59 Å². The average Bonchev–Trinajstić information content (AvgIpc) is 3.06. The van der Waals surface area contributed by atoms with E-state index in [0.717, 1.165) is 5.56 Å². The van der Waals surface area contributed by atoms with Crippen LogP contribution < -0.4 is 5.32 Å². The highest BCUT2D eigenvalue weighted by molar-refractivity contribution is 5.84. The minimum atomic E-state index is -0.949. The van der Waals surface area contributed by atoms with Crippen LogP contribution in [0, 0.1) is 0 Å². The van der Waals surface area contributed by atoms with Crippen molar-refractivity contribution >= 4 is 11.9 Å². The van der Waals surface area contributed by atoms with Gasteiger partial charge in [-0.1, -0.05) is 35.5 Å².